The van der Waals surface area contributed by atoms with Crippen LogP contribution < -0.4 is 0 Å². The lowest BCUT2D eigenvalue weighted by atomic mass is 9.95. The first kappa shape index (κ1) is 15.3. The molecule has 0 fully saturated rings. The van der Waals surface area contributed by atoms with E-state index in [2.05, 4.69) is 25.1 Å². The Morgan fingerprint density at radius 2 is 2.18 bits per heavy atom. The van der Waals surface area contributed by atoms with Crippen molar-refractivity contribution in [2.75, 3.05) is 13.7 Å². The first-order valence-electron chi connectivity index (χ1n) is 7.65. The molecule has 0 saturated carbocycles. The third-order valence-corrected chi connectivity index (χ3v) is 5.42. The van der Waals surface area contributed by atoms with Crippen LogP contribution in [0.3, 0.4) is 0 Å². The molecule has 22 heavy (non-hydrogen) atoms. The number of fused-ring (bicyclic) bond motifs is 1. The molecule has 2 aromatic rings. The van der Waals surface area contributed by atoms with Gasteiger partial charge in [0.25, 0.3) is 0 Å². The van der Waals surface area contributed by atoms with Gasteiger partial charge in [-0.3, -0.25) is 4.79 Å². The van der Waals surface area contributed by atoms with Crippen LogP contribution in [0.1, 0.15) is 41.5 Å². The second-order valence-corrected chi connectivity index (χ2v) is 6.69. The summed E-state index contributed by atoms with van der Waals surface area (Å²) >= 11 is 1.69. The van der Waals surface area contributed by atoms with Crippen molar-refractivity contribution in [2.45, 2.75) is 31.9 Å². The summed E-state index contributed by atoms with van der Waals surface area (Å²) in [4.78, 5) is 15.6. The Hall–Kier alpha value is -1.65. The zero-order valence-corrected chi connectivity index (χ0v) is 13.8. The zero-order valence-electron chi connectivity index (χ0n) is 13.0. The Labute approximate surface area is 135 Å². The number of thiophene rings is 1. The highest BCUT2D eigenvalue weighted by atomic mass is 32.1. The van der Waals surface area contributed by atoms with Gasteiger partial charge in [-0.05, 0) is 35.9 Å². The SMILES string of the molecule is C[C@@H](c1cccs1)N(C)C(=O)C[C@@H]1OCCc2ccccc21. The number of benzene rings is 1. The largest absolute Gasteiger partial charge is 0.373 e. The van der Waals surface area contributed by atoms with E-state index in [0.717, 1.165) is 6.42 Å². The van der Waals surface area contributed by atoms with Gasteiger partial charge in [-0.15, -0.1) is 11.3 Å². The number of amides is 1. The van der Waals surface area contributed by atoms with Gasteiger partial charge in [-0.2, -0.15) is 0 Å². The van der Waals surface area contributed by atoms with Crippen molar-refractivity contribution in [1.82, 2.24) is 4.90 Å². The van der Waals surface area contributed by atoms with E-state index in [1.54, 1.807) is 11.3 Å². The second-order valence-electron chi connectivity index (χ2n) is 5.71. The summed E-state index contributed by atoms with van der Waals surface area (Å²) < 4.78 is 5.85. The average molecular weight is 315 g/mol. The predicted octanol–water partition coefficient (Wildman–Crippen LogP) is 3.97. The molecule has 0 spiro atoms. The van der Waals surface area contributed by atoms with E-state index in [4.69, 9.17) is 4.74 Å². The first-order chi connectivity index (χ1) is 10.7. The van der Waals surface area contributed by atoms with Crippen LogP contribution in [0, 0.1) is 0 Å². The molecule has 2 heterocycles. The van der Waals surface area contributed by atoms with Gasteiger partial charge in [0.15, 0.2) is 0 Å². The number of hydrogen-bond donors (Lipinski definition) is 0. The van der Waals surface area contributed by atoms with Crippen LogP contribution in [0.4, 0.5) is 0 Å². The molecule has 1 aromatic heterocycles. The molecule has 0 N–H and O–H groups in total. The molecule has 1 aromatic carbocycles. The van der Waals surface area contributed by atoms with Crippen LogP contribution in [0.5, 0.6) is 0 Å². The lowest BCUT2D eigenvalue weighted by Gasteiger charge is -2.29. The van der Waals surface area contributed by atoms with Crippen molar-refractivity contribution in [2.24, 2.45) is 0 Å². The maximum absolute atomic E-state index is 12.6. The lowest BCUT2D eigenvalue weighted by molar-refractivity contribution is -0.135. The molecular weight excluding hydrogens is 294 g/mol. The summed E-state index contributed by atoms with van der Waals surface area (Å²) in [6, 6.07) is 12.5. The fourth-order valence-electron chi connectivity index (χ4n) is 2.88. The van der Waals surface area contributed by atoms with Crippen molar-refractivity contribution >= 4 is 17.2 Å². The Balaban J connectivity index is 1.70. The van der Waals surface area contributed by atoms with Gasteiger partial charge in [-0.1, -0.05) is 30.3 Å². The van der Waals surface area contributed by atoms with Gasteiger partial charge in [0.05, 0.1) is 25.2 Å². The number of ether oxygens (including phenoxy) is 1. The zero-order chi connectivity index (χ0) is 15.5. The molecule has 4 heteroatoms. The molecule has 0 unspecified atom stereocenters. The van der Waals surface area contributed by atoms with E-state index in [1.807, 2.05) is 35.5 Å². The van der Waals surface area contributed by atoms with Crippen molar-refractivity contribution < 1.29 is 9.53 Å². The van der Waals surface area contributed by atoms with Crippen LogP contribution in [0.15, 0.2) is 41.8 Å². The van der Waals surface area contributed by atoms with E-state index in [1.165, 1.54) is 16.0 Å². The average Bonchev–Trinajstić information content (AvgIpc) is 3.08. The van der Waals surface area contributed by atoms with E-state index in [9.17, 15) is 4.79 Å². The van der Waals surface area contributed by atoms with Crippen LogP contribution in [0.2, 0.25) is 0 Å². The van der Waals surface area contributed by atoms with Gasteiger partial charge >= 0.3 is 0 Å². The van der Waals surface area contributed by atoms with Crippen LogP contribution in [-0.4, -0.2) is 24.5 Å². The minimum Gasteiger partial charge on any atom is -0.373 e. The lowest BCUT2D eigenvalue weighted by Crippen LogP contribution is -2.31. The quantitative estimate of drug-likeness (QED) is 0.854. The maximum Gasteiger partial charge on any atom is 0.225 e. The van der Waals surface area contributed by atoms with Crippen LogP contribution in [-0.2, 0) is 16.0 Å². The molecule has 1 amide bonds. The minimum absolute atomic E-state index is 0.103. The Bertz CT molecular complexity index is 638. The highest BCUT2D eigenvalue weighted by molar-refractivity contribution is 7.10. The molecule has 1 aliphatic rings. The van der Waals surface area contributed by atoms with Gasteiger partial charge in [0.1, 0.15) is 0 Å². The van der Waals surface area contributed by atoms with Crippen LogP contribution in [0.25, 0.3) is 0 Å². The van der Waals surface area contributed by atoms with Crippen molar-refractivity contribution in [3.8, 4) is 0 Å². The fourth-order valence-corrected chi connectivity index (χ4v) is 3.71. The maximum atomic E-state index is 12.6. The third-order valence-electron chi connectivity index (χ3n) is 4.38. The van der Waals surface area contributed by atoms with E-state index >= 15 is 0 Å². The monoisotopic (exact) mass is 315 g/mol. The van der Waals surface area contributed by atoms with Crippen molar-refractivity contribution in [3.63, 3.8) is 0 Å². The second kappa shape index (κ2) is 6.63. The van der Waals surface area contributed by atoms with Crippen molar-refractivity contribution in [3.05, 3.63) is 57.8 Å². The van der Waals surface area contributed by atoms with E-state index in [0.29, 0.717) is 13.0 Å². The highest BCUT2D eigenvalue weighted by Crippen LogP contribution is 2.31. The summed E-state index contributed by atoms with van der Waals surface area (Å²) in [5.41, 5.74) is 2.47. The molecule has 0 radical (unpaired) electrons. The number of hydrogen-bond acceptors (Lipinski definition) is 3. The molecule has 116 valence electrons. The van der Waals surface area contributed by atoms with Gasteiger partial charge in [0, 0.05) is 11.9 Å². The number of carbonyl (C=O) groups is 1. The Morgan fingerprint density at radius 3 is 2.95 bits per heavy atom. The molecule has 0 aliphatic carbocycles. The summed E-state index contributed by atoms with van der Waals surface area (Å²) in [5, 5.41) is 2.05. The molecule has 3 nitrogen and oxygen atoms in total. The summed E-state index contributed by atoms with van der Waals surface area (Å²) in [5.74, 6) is 0.127. The molecule has 0 saturated heterocycles. The van der Waals surface area contributed by atoms with Crippen LogP contribution >= 0.6 is 11.3 Å². The van der Waals surface area contributed by atoms with Crippen molar-refractivity contribution in [1.29, 1.82) is 0 Å². The number of carbonyl (C=O) groups excluding carboxylic acids is 1. The molecule has 1 aliphatic heterocycles. The molecule has 0 bridgehead atoms. The number of rotatable bonds is 4. The smallest absolute Gasteiger partial charge is 0.225 e. The fraction of sp³-hybridized carbons (Fsp3) is 0.389. The highest BCUT2D eigenvalue weighted by Gasteiger charge is 2.26. The van der Waals surface area contributed by atoms with E-state index in [-0.39, 0.29) is 18.1 Å². The molecule has 2 atom stereocenters. The topological polar surface area (TPSA) is 29.5 Å². The number of nitrogens with zero attached hydrogens (tertiary/aromatic N) is 1. The van der Waals surface area contributed by atoms with E-state index < -0.39 is 0 Å². The van der Waals surface area contributed by atoms with Gasteiger partial charge in [-0.25, -0.2) is 0 Å². The minimum atomic E-state index is -0.115. The Morgan fingerprint density at radius 1 is 1.36 bits per heavy atom. The molecular formula is C18H21NO2S. The molecule has 3 rings (SSSR count). The predicted molar refractivity (Wildman–Crippen MR) is 89.0 cm³/mol. The van der Waals surface area contributed by atoms with Gasteiger partial charge in [0.2, 0.25) is 5.91 Å². The normalized spacial score (nSPS) is 18.5. The summed E-state index contributed by atoms with van der Waals surface area (Å²) in [7, 11) is 1.88. The third kappa shape index (κ3) is 3.08. The van der Waals surface area contributed by atoms with Gasteiger partial charge < -0.3 is 9.64 Å². The summed E-state index contributed by atoms with van der Waals surface area (Å²) in [6.07, 6.45) is 1.22. The standard InChI is InChI=1S/C18H21NO2S/c1-13(17-8-5-11-22-17)19(2)18(20)12-16-15-7-4-3-6-14(15)9-10-21-16/h3-8,11,13,16H,9-10,12H2,1-2H3/t13-,16-/m0/s1. The Kier molecular flexibility index (Phi) is 4.60. The summed E-state index contributed by atoms with van der Waals surface area (Å²) in [6.45, 7) is 2.76. The first-order valence-corrected chi connectivity index (χ1v) is 8.53.